The molecule has 0 bridgehead atoms. The molecule has 2 N–H and O–H groups in total. The van der Waals surface area contributed by atoms with Crippen LogP contribution in [0.4, 0.5) is 0 Å². The highest BCUT2D eigenvalue weighted by atomic mass is 16.5. The van der Waals surface area contributed by atoms with E-state index in [9.17, 15) is 0 Å². The van der Waals surface area contributed by atoms with Gasteiger partial charge in [0.25, 0.3) is 0 Å². The molecule has 0 aliphatic rings. The van der Waals surface area contributed by atoms with Crippen molar-refractivity contribution in [3.05, 3.63) is 73.7 Å². The Morgan fingerprint density at radius 1 is 0.833 bits per heavy atom. The van der Waals surface area contributed by atoms with Crippen LogP contribution in [0.25, 0.3) is 55.6 Å². The third-order valence-corrected chi connectivity index (χ3v) is 6.06. The van der Waals surface area contributed by atoms with Crippen molar-refractivity contribution in [3.63, 3.8) is 0 Å². The summed E-state index contributed by atoms with van der Waals surface area (Å²) in [5.74, 6) is 0.718. The molecule has 6 rings (SSSR count). The van der Waals surface area contributed by atoms with E-state index >= 15 is 0 Å². The van der Waals surface area contributed by atoms with Crippen LogP contribution in [0, 0.1) is 0 Å². The number of H-pyrrole nitrogens is 2. The van der Waals surface area contributed by atoms with Crippen molar-refractivity contribution in [2.24, 2.45) is 0 Å². The van der Waals surface area contributed by atoms with Crippen LogP contribution >= 0.6 is 0 Å². The van der Waals surface area contributed by atoms with E-state index in [4.69, 9.17) is 4.74 Å². The largest absolute Gasteiger partial charge is 0.491 e. The zero-order valence-corrected chi connectivity index (χ0v) is 19.9. The topological polar surface area (TPSA) is 109 Å². The third kappa shape index (κ3) is 4.16. The monoisotopic (exact) mass is 476 g/mol. The Hall–Kier alpha value is -4.63. The van der Waals surface area contributed by atoms with Crippen molar-refractivity contribution in [1.29, 1.82) is 0 Å². The van der Waals surface area contributed by atoms with E-state index in [0.717, 1.165) is 67.9 Å². The van der Waals surface area contributed by atoms with Gasteiger partial charge >= 0.3 is 0 Å². The van der Waals surface area contributed by atoms with Gasteiger partial charge in [0.1, 0.15) is 18.1 Å². The maximum Gasteiger partial charge on any atom is 0.138 e. The van der Waals surface area contributed by atoms with Gasteiger partial charge in [-0.1, -0.05) is 0 Å². The fraction of sp³-hybridized carbons (Fsp3) is 0.148. The van der Waals surface area contributed by atoms with Gasteiger partial charge in [-0.15, -0.1) is 0 Å². The molecule has 36 heavy (non-hydrogen) atoms. The highest BCUT2D eigenvalue weighted by Gasteiger charge is 2.15. The van der Waals surface area contributed by atoms with E-state index < -0.39 is 0 Å². The summed E-state index contributed by atoms with van der Waals surface area (Å²) < 4.78 is 5.86. The number of aromatic amines is 2. The summed E-state index contributed by atoms with van der Waals surface area (Å²) >= 11 is 0. The first-order chi connectivity index (χ1) is 17.7. The molecule has 0 aromatic carbocycles. The normalized spacial score (nSPS) is 11.5. The minimum Gasteiger partial charge on any atom is -0.491 e. The number of likely N-dealkylation sites (N-methyl/N-ethyl adjacent to an activating group) is 1. The van der Waals surface area contributed by atoms with Crippen LogP contribution < -0.4 is 4.74 Å². The molecule has 9 nitrogen and oxygen atoms in total. The summed E-state index contributed by atoms with van der Waals surface area (Å²) in [6, 6.07) is 10.1. The number of pyridine rings is 4. The minimum atomic E-state index is 0.590. The molecule has 0 radical (unpaired) electrons. The maximum absolute atomic E-state index is 5.86. The molecule has 0 amide bonds. The molecule has 0 saturated heterocycles. The second-order valence-corrected chi connectivity index (χ2v) is 8.82. The second kappa shape index (κ2) is 9.20. The van der Waals surface area contributed by atoms with Gasteiger partial charge in [-0.05, 0) is 50.0 Å². The predicted octanol–water partition coefficient (Wildman–Crippen LogP) is 4.57. The molecule has 0 atom stereocenters. The number of rotatable bonds is 7. The number of fused-ring (bicyclic) bond motifs is 2. The summed E-state index contributed by atoms with van der Waals surface area (Å²) in [6.45, 7) is 1.42. The average molecular weight is 477 g/mol. The molecule has 0 fully saturated rings. The molecule has 178 valence electrons. The first kappa shape index (κ1) is 21.9. The molecule has 0 aliphatic carbocycles. The van der Waals surface area contributed by atoms with Crippen LogP contribution in [0.1, 0.15) is 0 Å². The average Bonchev–Trinajstić information content (AvgIpc) is 3.53. The van der Waals surface area contributed by atoms with Crippen molar-refractivity contribution < 1.29 is 4.74 Å². The maximum atomic E-state index is 5.86. The van der Waals surface area contributed by atoms with Gasteiger partial charge in [0, 0.05) is 53.2 Å². The SMILES string of the molecule is CN(C)CCOc1cncc(-c2cc3c(-c4cc5c(-c6ccncc6)cncc5[nH]4)n[nH]c3cn2)c1. The van der Waals surface area contributed by atoms with Crippen molar-refractivity contribution in [1.82, 2.24) is 40.0 Å². The van der Waals surface area contributed by atoms with Crippen LogP contribution in [0.3, 0.4) is 0 Å². The van der Waals surface area contributed by atoms with E-state index in [0.29, 0.717) is 6.61 Å². The summed E-state index contributed by atoms with van der Waals surface area (Å²) in [7, 11) is 4.03. The number of hydrogen-bond acceptors (Lipinski definition) is 7. The molecule has 9 heteroatoms. The smallest absolute Gasteiger partial charge is 0.138 e. The fourth-order valence-corrected chi connectivity index (χ4v) is 4.20. The van der Waals surface area contributed by atoms with Crippen LogP contribution in [-0.4, -0.2) is 67.3 Å². The van der Waals surface area contributed by atoms with Gasteiger partial charge in [0.15, 0.2) is 0 Å². The van der Waals surface area contributed by atoms with Crippen LogP contribution in [0.5, 0.6) is 5.75 Å². The summed E-state index contributed by atoms with van der Waals surface area (Å²) in [6.07, 6.45) is 12.6. The molecule has 0 aliphatic heterocycles. The zero-order valence-electron chi connectivity index (χ0n) is 19.9. The molecule has 0 unspecified atom stereocenters. The Morgan fingerprint density at radius 2 is 1.69 bits per heavy atom. The molecular weight excluding hydrogens is 452 g/mol. The van der Waals surface area contributed by atoms with Gasteiger partial charge in [0.05, 0.1) is 41.0 Å². The number of nitrogens with zero attached hydrogens (tertiary/aromatic N) is 6. The summed E-state index contributed by atoms with van der Waals surface area (Å²) in [5, 5.41) is 9.74. The van der Waals surface area contributed by atoms with Crippen molar-refractivity contribution in [3.8, 4) is 39.5 Å². The number of nitrogens with one attached hydrogen (secondary N) is 2. The lowest BCUT2D eigenvalue weighted by Crippen LogP contribution is -2.19. The van der Waals surface area contributed by atoms with Crippen molar-refractivity contribution in [2.75, 3.05) is 27.2 Å². The lowest BCUT2D eigenvalue weighted by atomic mass is 10.1. The van der Waals surface area contributed by atoms with Crippen molar-refractivity contribution in [2.45, 2.75) is 0 Å². The van der Waals surface area contributed by atoms with E-state index in [2.05, 4.69) is 46.1 Å². The lowest BCUT2D eigenvalue weighted by Gasteiger charge is -2.11. The fourth-order valence-electron chi connectivity index (χ4n) is 4.20. The number of hydrogen-bond donors (Lipinski definition) is 2. The van der Waals surface area contributed by atoms with Gasteiger partial charge < -0.3 is 14.6 Å². The molecule has 0 spiro atoms. The molecule has 6 aromatic rings. The Kier molecular flexibility index (Phi) is 5.59. The summed E-state index contributed by atoms with van der Waals surface area (Å²) in [4.78, 5) is 23.1. The molecular formula is C27H24N8O. The zero-order chi connectivity index (χ0) is 24.5. The Labute approximate surface area is 207 Å². The Balaban J connectivity index is 1.38. The van der Waals surface area contributed by atoms with Crippen LogP contribution in [-0.2, 0) is 0 Å². The van der Waals surface area contributed by atoms with Gasteiger partial charge in [-0.2, -0.15) is 5.10 Å². The van der Waals surface area contributed by atoms with Gasteiger partial charge in [-0.25, -0.2) is 0 Å². The van der Waals surface area contributed by atoms with E-state index in [1.165, 1.54) is 0 Å². The van der Waals surface area contributed by atoms with Gasteiger partial charge in [-0.3, -0.25) is 25.0 Å². The van der Waals surface area contributed by atoms with Crippen LogP contribution in [0.15, 0.2) is 73.7 Å². The predicted molar refractivity (Wildman–Crippen MR) is 139 cm³/mol. The molecule has 6 aromatic heterocycles. The molecule has 0 saturated carbocycles. The van der Waals surface area contributed by atoms with E-state index in [1.54, 1.807) is 31.0 Å². The Bertz CT molecular complexity index is 1660. The quantitative estimate of drug-likeness (QED) is 0.348. The standard InChI is InChI=1S/C27H24N8O/c1-35(2)7-8-36-19-9-18(12-29-13-19)23-11-21-26(16-31-23)33-34-27(21)24-10-20-22(14-30-15-25(20)32-24)17-3-5-28-6-4-17/h3-6,9-16,32H,7-8H2,1-2H3,(H,33,34). The first-order valence-electron chi connectivity index (χ1n) is 11.6. The van der Waals surface area contributed by atoms with Gasteiger partial charge in [0.2, 0.25) is 0 Å². The first-order valence-corrected chi connectivity index (χ1v) is 11.6. The highest BCUT2D eigenvalue weighted by Crippen LogP contribution is 2.34. The summed E-state index contributed by atoms with van der Waals surface area (Å²) in [5.41, 5.74) is 7.29. The molecule has 6 heterocycles. The third-order valence-electron chi connectivity index (χ3n) is 6.06. The lowest BCUT2D eigenvalue weighted by molar-refractivity contribution is 0.261. The number of ether oxygens (including phenoxy) is 1. The van der Waals surface area contributed by atoms with Crippen molar-refractivity contribution >= 4 is 21.8 Å². The minimum absolute atomic E-state index is 0.590. The highest BCUT2D eigenvalue weighted by molar-refractivity contribution is 6.01. The number of aromatic nitrogens is 7. The second-order valence-electron chi connectivity index (χ2n) is 8.82. The van der Waals surface area contributed by atoms with E-state index in [1.807, 2.05) is 50.8 Å². The Morgan fingerprint density at radius 3 is 2.56 bits per heavy atom. The van der Waals surface area contributed by atoms with E-state index in [-0.39, 0.29) is 0 Å². The van der Waals surface area contributed by atoms with Crippen LogP contribution in [0.2, 0.25) is 0 Å².